The molecule has 2 aromatic heterocycles. The number of rotatable bonds is 1. The number of aromatic amines is 1. The van der Waals surface area contributed by atoms with Crippen molar-refractivity contribution in [3.8, 4) is 16.3 Å². The summed E-state index contributed by atoms with van der Waals surface area (Å²) in [5.41, 5.74) is 1.45. The molecule has 0 saturated carbocycles. The minimum absolute atomic E-state index is 0.0116. The second kappa shape index (κ2) is 3.96. The molecule has 5 heteroatoms. The molecule has 0 aliphatic rings. The lowest BCUT2D eigenvalue weighted by Gasteiger charge is -1.94. The van der Waals surface area contributed by atoms with Gasteiger partial charge >= 0.3 is 16.4 Å². The molecule has 18 heavy (non-hydrogen) atoms. The number of thiazole rings is 1. The second-order valence-corrected chi connectivity index (χ2v) is 5.05. The van der Waals surface area contributed by atoms with E-state index >= 15 is 0 Å². The van der Waals surface area contributed by atoms with Gasteiger partial charge in [0.15, 0.2) is 0 Å². The van der Waals surface area contributed by atoms with Crippen LogP contribution in [0.25, 0.3) is 15.4 Å². The van der Waals surface area contributed by atoms with Crippen LogP contribution in [0, 0.1) is 6.92 Å². The number of fused-ring (bicyclic) bond motifs is 1. The third-order valence-electron chi connectivity index (χ3n) is 2.72. The first-order valence-corrected chi connectivity index (χ1v) is 6.31. The molecule has 1 aromatic carbocycles. The molecule has 90 valence electrons. The summed E-state index contributed by atoms with van der Waals surface area (Å²) in [4.78, 5) is 16.3. The Morgan fingerprint density at radius 2 is 2.00 bits per heavy atom. The van der Waals surface area contributed by atoms with Gasteiger partial charge in [-0.15, -0.1) is 4.40 Å². The normalized spacial score (nSPS) is 10.9. The molecular weight excluding hydrogens is 248 g/mol. The zero-order chi connectivity index (χ0) is 12.7. The molecule has 0 aliphatic carbocycles. The Bertz CT molecular complexity index is 775. The van der Waals surface area contributed by atoms with E-state index in [9.17, 15) is 9.90 Å². The number of hydrogen-bond acceptors (Lipinski definition) is 3. The first-order valence-electron chi connectivity index (χ1n) is 5.49. The molecule has 3 aromatic rings. The lowest BCUT2D eigenvalue weighted by Crippen LogP contribution is -2.21. The van der Waals surface area contributed by atoms with Gasteiger partial charge in [-0.05, 0) is 23.8 Å². The van der Waals surface area contributed by atoms with Gasteiger partial charge in [0.05, 0.1) is 6.07 Å². The summed E-state index contributed by atoms with van der Waals surface area (Å²) in [5, 5.41) is 10.2. The fourth-order valence-electron chi connectivity index (χ4n) is 1.90. The minimum atomic E-state index is -0.225. The van der Waals surface area contributed by atoms with Gasteiger partial charge in [-0.25, -0.2) is 9.78 Å². The Balaban J connectivity index is 2.37. The highest BCUT2D eigenvalue weighted by Crippen LogP contribution is 2.35. The fourth-order valence-corrected chi connectivity index (χ4v) is 3.01. The minimum Gasteiger partial charge on any atom is -0.476 e. The van der Waals surface area contributed by atoms with Gasteiger partial charge in [-0.3, -0.25) is 0 Å². The van der Waals surface area contributed by atoms with Gasteiger partial charge in [0.2, 0.25) is 0 Å². The SMILES string of the molecule is Cc1cc(=O)n2c(O)c(-c3ccccc3)sc2[nH+]1. The first-order chi connectivity index (χ1) is 8.66. The maximum Gasteiger partial charge on any atom is 0.350 e. The lowest BCUT2D eigenvalue weighted by molar-refractivity contribution is -0.357. The number of aryl methyl sites for hydroxylation is 1. The second-order valence-electron chi connectivity index (χ2n) is 4.05. The van der Waals surface area contributed by atoms with Crippen LogP contribution in [0.4, 0.5) is 0 Å². The van der Waals surface area contributed by atoms with Gasteiger partial charge in [-0.1, -0.05) is 30.3 Å². The molecule has 0 spiro atoms. The van der Waals surface area contributed by atoms with Crippen molar-refractivity contribution >= 4 is 16.3 Å². The van der Waals surface area contributed by atoms with E-state index in [4.69, 9.17) is 0 Å². The standard InChI is InChI=1S/C13H10N2O2S/c1-8-7-10(16)15-12(17)11(18-13(15)14-8)9-5-3-2-4-6-9/h2-7,17H,1H3/p+1. The summed E-state index contributed by atoms with van der Waals surface area (Å²) in [5.74, 6) is -0.0116. The Morgan fingerprint density at radius 3 is 2.72 bits per heavy atom. The predicted molar refractivity (Wildman–Crippen MR) is 69.9 cm³/mol. The zero-order valence-electron chi connectivity index (χ0n) is 9.68. The molecule has 3 rings (SSSR count). The smallest absolute Gasteiger partial charge is 0.350 e. The monoisotopic (exact) mass is 259 g/mol. The topological polar surface area (TPSA) is 55.9 Å². The molecule has 4 nitrogen and oxygen atoms in total. The molecular formula is C13H11N2O2S+. The molecule has 2 heterocycles. The number of hydrogen-bond donors (Lipinski definition) is 1. The largest absolute Gasteiger partial charge is 0.476 e. The van der Waals surface area contributed by atoms with E-state index in [0.29, 0.717) is 9.84 Å². The third kappa shape index (κ3) is 1.60. The van der Waals surface area contributed by atoms with E-state index in [1.165, 1.54) is 21.8 Å². The third-order valence-corrected chi connectivity index (χ3v) is 3.82. The molecule has 2 N–H and O–H groups in total. The molecule has 0 aliphatic heterocycles. The van der Waals surface area contributed by atoms with Crippen molar-refractivity contribution in [2.45, 2.75) is 6.92 Å². The average Bonchev–Trinajstić information content (AvgIpc) is 2.67. The quantitative estimate of drug-likeness (QED) is 0.725. The highest BCUT2D eigenvalue weighted by Gasteiger charge is 2.21. The summed E-state index contributed by atoms with van der Waals surface area (Å²) in [6, 6.07) is 11.0. The van der Waals surface area contributed by atoms with Crippen molar-refractivity contribution < 1.29 is 10.1 Å². The van der Waals surface area contributed by atoms with Crippen molar-refractivity contribution in [2.75, 3.05) is 0 Å². The van der Waals surface area contributed by atoms with Crippen LogP contribution >= 0.6 is 11.3 Å². The summed E-state index contributed by atoms with van der Waals surface area (Å²) in [7, 11) is 0. The van der Waals surface area contributed by atoms with E-state index in [-0.39, 0.29) is 11.4 Å². The highest BCUT2D eigenvalue weighted by molar-refractivity contribution is 7.20. The molecule has 0 bridgehead atoms. The van der Waals surface area contributed by atoms with Crippen LogP contribution in [0.1, 0.15) is 5.69 Å². The van der Waals surface area contributed by atoms with Crippen LogP contribution in [-0.2, 0) is 0 Å². The van der Waals surface area contributed by atoms with Gasteiger partial charge in [0, 0.05) is 0 Å². The van der Waals surface area contributed by atoms with Gasteiger partial charge in [0.1, 0.15) is 10.6 Å². The molecule has 0 fully saturated rings. The van der Waals surface area contributed by atoms with Crippen molar-refractivity contribution in [1.29, 1.82) is 0 Å². The summed E-state index contributed by atoms with van der Waals surface area (Å²) in [6.07, 6.45) is 0. The summed E-state index contributed by atoms with van der Waals surface area (Å²) in [6.45, 7) is 1.82. The van der Waals surface area contributed by atoms with Crippen molar-refractivity contribution in [1.82, 2.24) is 4.40 Å². The van der Waals surface area contributed by atoms with Crippen molar-refractivity contribution in [3.05, 3.63) is 52.4 Å². The number of aromatic nitrogens is 2. The van der Waals surface area contributed by atoms with Crippen molar-refractivity contribution in [3.63, 3.8) is 0 Å². The van der Waals surface area contributed by atoms with E-state index in [2.05, 4.69) is 4.98 Å². The highest BCUT2D eigenvalue weighted by atomic mass is 32.1. The van der Waals surface area contributed by atoms with Crippen LogP contribution in [-0.4, -0.2) is 9.51 Å². The van der Waals surface area contributed by atoms with E-state index in [1.807, 2.05) is 37.3 Å². The molecule has 0 amide bonds. The Morgan fingerprint density at radius 1 is 1.28 bits per heavy atom. The summed E-state index contributed by atoms with van der Waals surface area (Å²) < 4.78 is 1.29. The molecule has 0 atom stereocenters. The lowest BCUT2D eigenvalue weighted by atomic mass is 10.2. The van der Waals surface area contributed by atoms with E-state index < -0.39 is 0 Å². The molecule has 0 unspecified atom stereocenters. The first kappa shape index (κ1) is 11.0. The van der Waals surface area contributed by atoms with Crippen LogP contribution in [0.3, 0.4) is 0 Å². The number of nitrogens with one attached hydrogen (secondary N) is 1. The molecule has 0 saturated heterocycles. The maximum atomic E-state index is 11.9. The maximum absolute atomic E-state index is 11.9. The van der Waals surface area contributed by atoms with Gasteiger partial charge in [-0.2, -0.15) is 0 Å². The Hall–Kier alpha value is -2.14. The fraction of sp³-hybridized carbons (Fsp3) is 0.0769. The van der Waals surface area contributed by atoms with Gasteiger partial charge < -0.3 is 5.11 Å². The van der Waals surface area contributed by atoms with E-state index in [1.54, 1.807) is 0 Å². The zero-order valence-corrected chi connectivity index (χ0v) is 10.5. The average molecular weight is 259 g/mol. The Labute approximate surface area is 107 Å². The number of nitrogens with zero attached hydrogens (tertiary/aromatic N) is 1. The van der Waals surface area contributed by atoms with Gasteiger partial charge in [0.25, 0.3) is 0 Å². The number of aromatic hydroxyl groups is 1. The number of H-pyrrole nitrogens is 1. The van der Waals surface area contributed by atoms with Crippen LogP contribution in [0.5, 0.6) is 5.88 Å². The summed E-state index contributed by atoms with van der Waals surface area (Å²) >= 11 is 1.36. The Kier molecular flexibility index (Phi) is 2.41. The molecule has 0 radical (unpaired) electrons. The van der Waals surface area contributed by atoms with Crippen LogP contribution in [0.15, 0.2) is 41.2 Å². The van der Waals surface area contributed by atoms with Crippen LogP contribution < -0.4 is 10.5 Å². The van der Waals surface area contributed by atoms with E-state index in [0.717, 1.165) is 11.3 Å². The number of benzene rings is 1. The predicted octanol–water partition coefficient (Wildman–Crippen LogP) is 1.86. The van der Waals surface area contributed by atoms with Crippen LogP contribution in [0.2, 0.25) is 0 Å². The van der Waals surface area contributed by atoms with Crippen molar-refractivity contribution in [2.24, 2.45) is 0 Å².